The van der Waals surface area contributed by atoms with Gasteiger partial charge in [0.25, 0.3) is 0 Å². The monoisotopic (exact) mass is 301 g/mol. The third-order valence-electron chi connectivity index (χ3n) is 3.63. The second-order valence-corrected chi connectivity index (χ2v) is 5.64. The lowest BCUT2D eigenvalue weighted by molar-refractivity contribution is 0.381. The minimum Gasteiger partial charge on any atom is -0.507 e. The maximum Gasteiger partial charge on any atom is 0.124 e. The van der Waals surface area contributed by atoms with E-state index in [2.05, 4.69) is 5.10 Å². The molecule has 0 amide bonds. The Morgan fingerprint density at radius 3 is 2.67 bits per heavy atom. The van der Waals surface area contributed by atoms with E-state index in [1.807, 2.05) is 36.3 Å². The predicted molar refractivity (Wildman–Crippen MR) is 85.9 cm³/mol. The van der Waals surface area contributed by atoms with Crippen molar-refractivity contribution in [2.45, 2.75) is 5.92 Å². The van der Waals surface area contributed by atoms with Crippen LogP contribution in [0.25, 0.3) is 0 Å². The number of anilines is 1. The van der Waals surface area contributed by atoms with E-state index in [0.29, 0.717) is 10.6 Å². The summed E-state index contributed by atoms with van der Waals surface area (Å²) in [6.07, 6.45) is 0. The van der Waals surface area contributed by atoms with Gasteiger partial charge in [-0.15, -0.1) is 0 Å². The summed E-state index contributed by atoms with van der Waals surface area (Å²) >= 11 is 6.05. The topological polar surface area (TPSA) is 61.8 Å². The molecule has 5 heteroatoms. The van der Waals surface area contributed by atoms with Crippen LogP contribution in [0, 0.1) is 0 Å². The maximum absolute atomic E-state index is 10.1. The van der Waals surface area contributed by atoms with Gasteiger partial charge in [0, 0.05) is 35.8 Å². The molecule has 1 atom stereocenters. The van der Waals surface area contributed by atoms with Crippen LogP contribution >= 0.6 is 11.6 Å². The first-order valence-corrected chi connectivity index (χ1v) is 7.06. The van der Waals surface area contributed by atoms with Crippen LogP contribution < -0.4 is 5.73 Å². The van der Waals surface area contributed by atoms with Crippen molar-refractivity contribution in [3.63, 3.8) is 0 Å². The van der Waals surface area contributed by atoms with Gasteiger partial charge in [-0.1, -0.05) is 23.7 Å². The van der Waals surface area contributed by atoms with E-state index in [4.69, 9.17) is 17.3 Å². The molecule has 0 fully saturated rings. The first kappa shape index (κ1) is 13.8. The number of nitrogens with zero attached hydrogens (tertiary/aromatic N) is 2. The number of hydrazone groups is 1. The molecule has 21 heavy (non-hydrogen) atoms. The molecule has 0 spiro atoms. The number of nitrogens with two attached hydrogens (primary N) is 1. The van der Waals surface area contributed by atoms with E-state index in [-0.39, 0.29) is 11.7 Å². The van der Waals surface area contributed by atoms with E-state index in [0.717, 1.165) is 23.5 Å². The van der Waals surface area contributed by atoms with Gasteiger partial charge in [-0.3, -0.25) is 5.01 Å². The highest BCUT2D eigenvalue weighted by molar-refractivity contribution is 6.31. The number of phenolic OH excluding ortho intramolecular Hbond substituents is 1. The Labute approximate surface area is 128 Å². The van der Waals surface area contributed by atoms with Crippen LogP contribution in [-0.4, -0.2) is 29.4 Å². The molecule has 0 aliphatic carbocycles. The lowest BCUT2D eigenvalue weighted by Gasteiger charge is -2.14. The highest BCUT2D eigenvalue weighted by Gasteiger charge is 2.29. The molecule has 4 nitrogen and oxygen atoms in total. The van der Waals surface area contributed by atoms with Crippen LogP contribution in [-0.2, 0) is 0 Å². The number of nitrogen functional groups attached to an aromatic ring is 1. The van der Waals surface area contributed by atoms with Crippen molar-refractivity contribution < 1.29 is 5.11 Å². The van der Waals surface area contributed by atoms with Gasteiger partial charge in [0.2, 0.25) is 0 Å². The fraction of sp³-hybridized carbons (Fsp3) is 0.188. The SMILES string of the molecule is CN1CC(c2ccc(N)cc2)C(c2cc(Cl)ccc2O)=N1. The Morgan fingerprint density at radius 1 is 1.24 bits per heavy atom. The number of halogens is 1. The maximum atomic E-state index is 10.1. The summed E-state index contributed by atoms with van der Waals surface area (Å²) in [5.74, 6) is 0.272. The van der Waals surface area contributed by atoms with E-state index >= 15 is 0 Å². The van der Waals surface area contributed by atoms with Crippen LogP contribution in [0.1, 0.15) is 17.0 Å². The summed E-state index contributed by atoms with van der Waals surface area (Å²) in [6.45, 7) is 0.755. The Bertz CT molecular complexity index is 697. The molecule has 1 unspecified atom stereocenters. The quantitative estimate of drug-likeness (QED) is 0.838. The van der Waals surface area contributed by atoms with Crippen molar-refractivity contribution in [1.29, 1.82) is 0 Å². The molecule has 2 aromatic rings. The minimum absolute atomic E-state index is 0.0833. The molecule has 3 rings (SSSR count). The Kier molecular flexibility index (Phi) is 3.47. The second kappa shape index (κ2) is 5.30. The van der Waals surface area contributed by atoms with Crippen molar-refractivity contribution in [2.75, 3.05) is 19.3 Å². The molecule has 0 aromatic heterocycles. The van der Waals surface area contributed by atoms with Gasteiger partial charge in [-0.25, -0.2) is 0 Å². The molecule has 0 bridgehead atoms. The van der Waals surface area contributed by atoms with Gasteiger partial charge in [0.05, 0.1) is 5.71 Å². The van der Waals surface area contributed by atoms with Crippen LogP contribution in [0.5, 0.6) is 5.75 Å². The lowest BCUT2D eigenvalue weighted by Crippen LogP contribution is -2.16. The molecule has 2 aromatic carbocycles. The highest BCUT2D eigenvalue weighted by Crippen LogP contribution is 2.33. The number of phenols is 1. The summed E-state index contributed by atoms with van der Waals surface area (Å²) in [4.78, 5) is 0. The first-order valence-electron chi connectivity index (χ1n) is 6.68. The average Bonchev–Trinajstić information content (AvgIpc) is 2.84. The fourth-order valence-electron chi connectivity index (χ4n) is 2.59. The van der Waals surface area contributed by atoms with Crippen LogP contribution in [0.3, 0.4) is 0 Å². The summed E-state index contributed by atoms with van der Waals surface area (Å²) in [5.41, 5.74) is 9.09. The van der Waals surface area contributed by atoms with Crippen LogP contribution in [0.15, 0.2) is 47.6 Å². The van der Waals surface area contributed by atoms with Gasteiger partial charge >= 0.3 is 0 Å². The molecule has 0 saturated heterocycles. The van der Waals surface area contributed by atoms with Crippen molar-refractivity contribution in [3.8, 4) is 5.75 Å². The van der Waals surface area contributed by atoms with Gasteiger partial charge in [0.1, 0.15) is 5.75 Å². The summed E-state index contributed by atoms with van der Waals surface area (Å²) in [5, 5.41) is 17.1. The molecule has 1 heterocycles. The normalized spacial score (nSPS) is 17.9. The van der Waals surface area contributed by atoms with Gasteiger partial charge in [-0.2, -0.15) is 5.10 Å². The van der Waals surface area contributed by atoms with E-state index in [9.17, 15) is 5.11 Å². The van der Waals surface area contributed by atoms with E-state index in [1.165, 1.54) is 0 Å². The Balaban J connectivity index is 2.04. The third-order valence-corrected chi connectivity index (χ3v) is 3.86. The molecule has 1 aliphatic heterocycles. The fourth-order valence-corrected chi connectivity index (χ4v) is 2.76. The molecule has 108 valence electrons. The van der Waals surface area contributed by atoms with Gasteiger partial charge < -0.3 is 10.8 Å². The van der Waals surface area contributed by atoms with Crippen LogP contribution in [0.4, 0.5) is 5.69 Å². The average molecular weight is 302 g/mol. The van der Waals surface area contributed by atoms with Gasteiger partial charge in [-0.05, 0) is 35.9 Å². The standard InChI is InChI=1S/C16H16ClN3O/c1-20-9-14(10-2-5-12(18)6-3-10)16(19-20)13-8-11(17)4-7-15(13)21/h2-8,14,21H,9,18H2,1H3. The smallest absolute Gasteiger partial charge is 0.124 e. The Morgan fingerprint density at radius 2 is 1.95 bits per heavy atom. The number of hydrogen-bond donors (Lipinski definition) is 2. The molecule has 0 radical (unpaired) electrons. The second-order valence-electron chi connectivity index (χ2n) is 5.21. The van der Waals surface area contributed by atoms with Crippen LogP contribution in [0.2, 0.25) is 5.02 Å². The minimum atomic E-state index is 0.0833. The third kappa shape index (κ3) is 2.67. The molecule has 1 aliphatic rings. The summed E-state index contributed by atoms with van der Waals surface area (Å²) in [6, 6.07) is 12.8. The zero-order valence-corrected chi connectivity index (χ0v) is 12.4. The number of benzene rings is 2. The van der Waals surface area contributed by atoms with E-state index in [1.54, 1.807) is 18.2 Å². The van der Waals surface area contributed by atoms with Crippen molar-refractivity contribution in [3.05, 3.63) is 58.6 Å². The Hall–Kier alpha value is -2.20. The first-order chi connectivity index (χ1) is 10.0. The largest absolute Gasteiger partial charge is 0.507 e. The predicted octanol–water partition coefficient (Wildman–Crippen LogP) is 3.06. The molecule has 3 N–H and O–H groups in total. The highest BCUT2D eigenvalue weighted by atomic mass is 35.5. The number of hydrogen-bond acceptors (Lipinski definition) is 4. The van der Waals surface area contributed by atoms with E-state index < -0.39 is 0 Å². The number of likely N-dealkylation sites (N-methyl/N-ethyl adjacent to an activating group) is 1. The van der Waals surface area contributed by atoms with Crippen molar-refractivity contribution in [1.82, 2.24) is 5.01 Å². The molecular weight excluding hydrogens is 286 g/mol. The number of rotatable bonds is 2. The lowest BCUT2D eigenvalue weighted by atomic mass is 9.90. The molecular formula is C16H16ClN3O. The van der Waals surface area contributed by atoms with Crippen molar-refractivity contribution in [2.24, 2.45) is 5.10 Å². The molecule has 0 saturated carbocycles. The summed E-state index contributed by atoms with van der Waals surface area (Å²) < 4.78 is 0. The number of aromatic hydroxyl groups is 1. The zero-order chi connectivity index (χ0) is 15.0. The summed E-state index contributed by atoms with van der Waals surface area (Å²) in [7, 11) is 1.92. The van der Waals surface area contributed by atoms with Crippen molar-refractivity contribution >= 4 is 23.0 Å². The zero-order valence-electron chi connectivity index (χ0n) is 11.6. The van der Waals surface area contributed by atoms with Gasteiger partial charge in [0.15, 0.2) is 0 Å².